The summed E-state index contributed by atoms with van der Waals surface area (Å²) >= 11 is 0. The number of ether oxygens (including phenoxy) is 2. The molecule has 28 heavy (non-hydrogen) atoms. The number of rotatable bonds is 6. The molecule has 0 aliphatic carbocycles. The van der Waals surface area contributed by atoms with Crippen LogP contribution in [-0.2, 0) is 16.0 Å². The lowest BCUT2D eigenvalue weighted by atomic mass is 10.0. The number of carbonyl (C=O) groups excluding carboxylic acids is 1. The molecule has 148 valence electrons. The lowest BCUT2D eigenvalue weighted by molar-refractivity contribution is -0.165. The average Bonchev–Trinajstić information content (AvgIpc) is 2.66. The second kappa shape index (κ2) is 8.44. The number of carbonyl (C=O) groups is 2. The van der Waals surface area contributed by atoms with Crippen molar-refractivity contribution in [3.8, 4) is 5.75 Å². The van der Waals surface area contributed by atoms with Crippen LogP contribution in [0.4, 0.5) is 0 Å². The van der Waals surface area contributed by atoms with Crippen LogP contribution in [0.3, 0.4) is 0 Å². The van der Waals surface area contributed by atoms with E-state index in [0.717, 1.165) is 11.3 Å². The summed E-state index contributed by atoms with van der Waals surface area (Å²) in [6, 6.07) is 15.9. The fourth-order valence-electron chi connectivity index (χ4n) is 3.33. The summed E-state index contributed by atoms with van der Waals surface area (Å²) in [6.45, 7) is 5.25. The molecule has 1 N–H and O–H groups in total. The lowest BCUT2D eigenvalue weighted by Crippen LogP contribution is -2.56. The first-order chi connectivity index (χ1) is 13.3. The summed E-state index contributed by atoms with van der Waals surface area (Å²) in [7, 11) is 0. The highest BCUT2D eigenvalue weighted by Crippen LogP contribution is 2.23. The van der Waals surface area contributed by atoms with E-state index in [1.165, 1.54) is 12.1 Å². The lowest BCUT2D eigenvalue weighted by Gasteiger charge is -2.42. The summed E-state index contributed by atoms with van der Waals surface area (Å²) in [5, 5.41) is 8.98. The van der Waals surface area contributed by atoms with Gasteiger partial charge in [0.15, 0.2) is 0 Å². The molecule has 0 bridgehead atoms. The maximum atomic E-state index is 12.8. The monoisotopic (exact) mass is 383 g/mol. The van der Waals surface area contributed by atoms with Gasteiger partial charge in [0.05, 0.1) is 24.1 Å². The van der Waals surface area contributed by atoms with Gasteiger partial charge in [0.25, 0.3) is 0 Å². The standard InChI is InChI=1S/C22H25NO5/c1-22(2)15-23(13-19(28-22)14-27-18-6-4-3-5-7-18)20(24)12-16-8-10-17(11-9-16)21(25)26/h3-11,19H,12-15H2,1-2H3,(H,25,26). The molecule has 2 aromatic rings. The Morgan fingerprint density at radius 1 is 1.14 bits per heavy atom. The number of nitrogens with zero attached hydrogens (tertiary/aromatic N) is 1. The summed E-state index contributed by atoms with van der Waals surface area (Å²) in [5.74, 6) is -0.218. The molecule has 1 saturated heterocycles. The molecule has 1 atom stereocenters. The third kappa shape index (κ3) is 5.33. The first-order valence-corrected chi connectivity index (χ1v) is 9.28. The Labute approximate surface area is 164 Å². The Hall–Kier alpha value is -2.86. The van der Waals surface area contributed by atoms with Gasteiger partial charge in [-0.1, -0.05) is 30.3 Å². The van der Waals surface area contributed by atoms with Gasteiger partial charge in [-0.15, -0.1) is 0 Å². The maximum Gasteiger partial charge on any atom is 0.335 e. The van der Waals surface area contributed by atoms with Crippen molar-refractivity contribution in [2.75, 3.05) is 19.7 Å². The molecule has 1 aliphatic heterocycles. The molecule has 1 amide bonds. The van der Waals surface area contributed by atoms with Crippen LogP contribution in [0, 0.1) is 0 Å². The average molecular weight is 383 g/mol. The number of carboxylic acids is 1. The molecule has 1 fully saturated rings. The van der Waals surface area contributed by atoms with Crippen LogP contribution in [-0.4, -0.2) is 53.3 Å². The highest BCUT2D eigenvalue weighted by atomic mass is 16.5. The fraction of sp³-hybridized carbons (Fsp3) is 0.364. The number of amides is 1. The zero-order valence-corrected chi connectivity index (χ0v) is 16.1. The predicted molar refractivity (Wildman–Crippen MR) is 105 cm³/mol. The molecule has 3 rings (SSSR count). The van der Waals surface area contributed by atoms with E-state index in [1.807, 2.05) is 44.2 Å². The van der Waals surface area contributed by atoms with E-state index in [-0.39, 0.29) is 24.0 Å². The van der Waals surface area contributed by atoms with Gasteiger partial charge in [-0.2, -0.15) is 0 Å². The summed E-state index contributed by atoms with van der Waals surface area (Å²) in [6.07, 6.45) is 0.00435. The quantitative estimate of drug-likeness (QED) is 0.830. The van der Waals surface area contributed by atoms with Crippen LogP contribution < -0.4 is 4.74 Å². The third-order valence-electron chi connectivity index (χ3n) is 4.57. The second-order valence-electron chi connectivity index (χ2n) is 7.58. The van der Waals surface area contributed by atoms with Gasteiger partial charge in [0.1, 0.15) is 18.5 Å². The summed E-state index contributed by atoms with van der Waals surface area (Å²) < 4.78 is 11.9. The van der Waals surface area contributed by atoms with Crippen molar-refractivity contribution in [2.45, 2.75) is 32.0 Å². The molecule has 0 saturated carbocycles. The van der Waals surface area contributed by atoms with Gasteiger partial charge in [-0.05, 0) is 43.7 Å². The zero-order valence-electron chi connectivity index (χ0n) is 16.1. The highest BCUT2D eigenvalue weighted by Gasteiger charge is 2.35. The number of benzene rings is 2. The van der Waals surface area contributed by atoms with E-state index >= 15 is 0 Å². The molecule has 1 heterocycles. The van der Waals surface area contributed by atoms with Crippen molar-refractivity contribution in [2.24, 2.45) is 0 Å². The van der Waals surface area contributed by atoms with Gasteiger partial charge in [0.2, 0.25) is 5.91 Å². The molecule has 0 aromatic heterocycles. The van der Waals surface area contributed by atoms with Crippen molar-refractivity contribution < 1.29 is 24.2 Å². The molecule has 0 spiro atoms. The van der Waals surface area contributed by atoms with Crippen molar-refractivity contribution in [1.29, 1.82) is 0 Å². The third-order valence-corrected chi connectivity index (χ3v) is 4.57. The minimum atomic E-state index is -0.978. The topological polar surface area (TPSA) is 76.1 Å². The van der Waals surface area contributed by atoms with E-state index in [4.69, 9.17) is 14.6 Å². The molecular formula is C22H25NO5. The Balaban J connectivity index is 1.61. The number of hydrogen-bond donors (Lipinski definition) is 1. The molecule has 1 aliphatic rings. The van der Waals surface area contributed by atoms with Crippen molar-refractivity contribution in [3.63, 3.8) is 0 Å². The first-order valence-electron chi connectivity index (χ1n) is 9.28. The maximum absolute atomic E-state index is 12.8. The van der Waals surface area contributed by atoms with E-state index in [0.29, 0.717) is 19.7 Å². The fourth-order valence-corrected chi connectivity index (χ4v) is 3.33. The van der Waals surface area contributed by atoms with Crippen LogP contribution in [0.1, 0.15) is 29.8 Å². The minimum Gasteiger partial charge on any atom is -0.491 e. The summed E-state index contributed by atoms with van der Waals surface area (Å²) in [4.78, 5) is 25.6. The highest BCUT2D eigenvalue weighted by molar-refractivity contribution is 5.87. The molecule has 0 radical (unpaired) electrons. The molecule has 1 unspecified atom stereocenters. The van der Waals surface area contributed by atoms with Crippen molar-refractivity contribution >= 4 is 11.9 Å². The normalized spacial score (nSPS) is 18.5. The molecule has 6 heteroatoms. The van der Waals surface area contributed by atoms with Crippen LogP contribution in [0.15, 0.2) is 54.6 Å². The number of morpholine rings is 1. The van der Waals surface area contributed by atoms with Gasteiger partial charge >= 0.3 is 5.97 Å². The van der Waals surface area contributed by atoms with E-state index in [1.54, 1.807) is 17.0 Å². The number of para-hydroxylation sites is 1. The Bertz CT molecular complexity index is 817. The van der Waals surface area contributed by atoms with Crippen LogP contribution >= 0.6 is 0 Å². The zero-order chi connectivity index (χ0) is 20.1. The Kier molecular flexibility index (Phi) is 5.99. The Morgan fingerprint density at radius 3 is 2.46 bits per heavy atom. The van der Waals surface area contributed by atoms with Gasteiger partial charge in [0, 0.05) is 6.54 Å². The van der Waals surface area contributed by atoms with E-state index < -0.39 is 11.6 Å². The molecular weight excluding hydrogens is 358 g/mol. The van der Waals surface area contributed by atoms with Gasteiger partial charge < -0.3 is 19.5 Å². The number of aromatic carboxylic acids is 1. The minimum absolute atomic E-state index is 0.0100. The smallest absolute Gasteiger partial charge is 0.335 e. The van der Waals surface area contributed by atoms with E-state index in [9.17, 15) is 9.59 Å². The second-order valence-corrected chi connectivity index (χ2v) is 7.58. The Morgan fingerprint density at radius 2 is 1.82 bits per heavy atom. The first kappa shape index (κ1) is 19.9. The largest absolute Gasteiger partial charge is 0.491 e. The summed E-state index contributed by atoms with van der Waals surface area (Å²) in [5.41, 5.74) is 0.532. The molecule has 2 aromatic carbocycles. The van der Waals surface area contributed by atoms with Gasteiger partial charge in [-0.3, -0.25) is 4.79 Å². The van der Waals surface area contributed by atoms with Crippen molar-refractivity contribution in [1.82, 2.24) is 4.90 Å². The number of carboxylic acid groups (broad SMARTS) is 1. The molecule has 6 nitrogen and oxygen atoms in total. The van der Waals surface area contributed by atoms with Crippen LogP contribution in [0.2, 0.25) is 0 Å². The van der Waals surface area contributed by atoms with Crippen LogP contribution in [0.25, 0.3) is 0 Å². The number of hydrogen-bond acceptors (Lipinski definition) is 4. The SMILES string of the molecule is CC1(C)CN(C(=O)Cc2ccc(C(=O)O)cc2)CC(COc2ccccc2)O1. The van der Waals surface area contributed by atoms with Crippen LogP contribution in [0.5, 0.6) is 5.75 Å². The van der Waals surface area contributed by atoms with Gasteiger partial charge in [-0.25, -0.2) is 4.79 Å². The van der Waals surface area contributed by atoms with Crippen molar-refractivity contribution in [3.05, 3.63) is 65.7 Å². The van der Waals surface area contributed by atoms with E-state index in [2.05, 4.69) is 0 Å². The predicted octanol–water partition coefficient (Wildman–Crippen LogP) is 3.01.